The van der Waals surface area contributed by atoms with Gasteiger partial charge in [0.15, 0.2) is 0 Å². The van der Waals surface area contributed by atoms with Gasteiger partial charge < -0.3 is 10.4 Å². The van der Waals surface area contributed by atoms with E-state index in [1.165, 1.54) is 18.4 Å². The second-order valence-electron chi connectivity index (χ2n) is 7.97. The van der Waals surface area contributed by atoms with E-state index in [9.17, 15) is 4.79 Å². The van der Waals surface area contributed by atoms with Crippen LogP contribution < -0.4 is 5.32 Å². The third-order valence-corrected chi connectivity index (χ3v) is 6.35. The summed E-state index contributed by atoms with van der Waals surface area (Å²) in [7, 11) is 0. The molecule has 1 saturated carbocycles. The van der Waals surface area contributed by atoms with E-state index in [4.69, 9.17) is 16.7 Å². The molecule has 2 N–H and O–H groups in total. The van der Waals surface area contributed by atoms with E-state index in [2.05, 4.69) is 48.7 Å². The highest BCUT2D eigenvalue weighted by Crippen LogP contribution is 2.45. The molecule has 0 unspecified atom stereocenters. The number of benzene rings is 1. The number of hydrogen-bond acceptors (Lipinski definition) is 2. The predicted octanol–water partition coefficient (Wildman–Crippen LogP) is 5.38. The molecule has 0 aliphatic heterocycles. The fourth-order valence-electron chi connectivity index (χ4n) is 4.51. The number of aryl methyl sites for hydroxylation is 1. The highest BCUT2D eigenvalue weighted by atomic mass is 35.5. The minimum atomic E-state index is -0.708. The van der Waals surface area contributed by atoms with Crippen molar-refractivity contribution in [2.24, 2.45) is 23.7 Å². The Morgan fingerprint density at radius 2 is 2.07 bits per heavy atom. The molecule has 146 valence electrons. The van der Waals surface area contributed by atoms with Crippen LogP contribution in [0.1, 0.15) is 43.2 Å². The van der Waals surface area contributed by atoms with Crippen LogP contribution in [0.5, 0.6) is 0 Å². The van der Waals surface area contributed by atoms with Crippen LogP contribution in [-0.2, 0) is 11.3 Å². The van der Waals surface area contributed by atoms with Crippen LogP contribution in [0.4, 0.5) is 0 Å². The van der Waals surface area contributed by atoms with Crippen molar-refractivity contribution in [2.75, 3.05) is 6.54 Å². The summed E-state index contributed by atoms with van der Waals surface area (Å²) in [5.41, 5.74) is 2.34. The summed E-state index contributed by atoms with van der Waals surface area (Å²) in [6, 6.07) is 6.24. The van der Waals surface area contributed by atoms with Gasteiger partial charge in [-0.25, -0.2) is 0 Å². The molecule has 3 aliphatic carbocycles. The molecule has 0 amide bonds. The van der Waals surface area contributed by atoms with Gasteiger partial charge in [-0.1, -0.05) is 48.0 Å². The van der Waals surface area contributed by atoms with E-state index in [-0.39, 0.29) is 6.42 Å². The van der Waals surface area contributed by atoms with Gasteiger partial charge in [0.1, 0.15) is 0 Å². The lowest BCUT2D eigenvalue weighted by atomic mass is 9.62. The third-order valence-electron chi connectivity index (χ3n) is 6.00. The zero-order valence-electron chi connectivity index (χ0n) is 16.0. The Morgan fingerprint density at radius 3 is 2.78 bits per heavy atom. The normalized spacial score (nSPS) is 26.7. The molecule has 0 radical (unpaired) electrons. The summed E-state index contributed by atoms with van der Waals surface area (Å²) in [4.78, 5) is 10.6. The lowest BCUT2D eigenvalue weighted by Gasteiger charge is -2.44. The third kappa shape index (κ3) is 5.46. The quantitative estimate of drug-likeness (QED) is 0.442. The molecular weight excluding hydrogens is 358 g/mol. The molecule has 0 heterocycles. The molecule has 0 aromatic heterocycles. The first-order valence-electron chi connectivity index (χ1n) is 10.1. The number of aliphatic carboxylic acids is 1. The molecule has 0 spiro atoms. The largest absolute Gasteiger partial charge is 0.481 e. The van der Waals surface area contributed by atoms with Gasteiger partial charge >= 0.3 is 5.97 Å². The molecule has 0 saturated heterocycles. The van der Waals surface area contributed by atoms with Crippen LogP contribution in [0.3, 0.4) is 0 Å². The molecule has 2 bridgehead atoms. The number of allylic oxidation sites excluding steroid dienone is 4. The number of carboxylic acids is 1. The van der Waals surface area contributed by atoms with Crippen molar-refractivity contribution in [3.63, 3.8) is 0 Å². The van der Waals surface area contributed by atoms with Crippen molar-refractivity contribution in [1.82, 2.24) is 5.32 Å². The molecule has 27 heavy (non-hydrogen) atoms. The zero-order valence-corrected chi connectivity index (χ0v) is 16.8. The summed E-state index contributed by atoms with van der Waals surface area (Å²) in [6.07, 6.45) is 13.7. The van der Waals surface area contributed by atoms with Crippen LogP contribution in [0.15, 0.2) is 42.5 Å². The van der Waals surface area contributed by atoms with Crippen molar-refractivity contribution >= 4 is 17.6 Å². The van der Waals surface area contributed by atoms with Crippen molar-refractivity contribution < 1.29 is 9.90 Å². The Kier molecular flexibility index (Phi) is 7.14. The van der Waals surface area contributed by atoms with Gasteiger partial charge in [0.2, 0.25) is 0 Å². The van der Waals surface area contributed by atoms with Crippen molar-refractivity contribution in [1.29, 1.82) is 0 Å². The number of halogens is 1. The minimum absolute atomic E-state index is 0.253. The SMILES string of the molecule is Cc1ccc(CNC[C@@H]2[C@@H](/C=C\CCCC(=O)O)[C@@H]3C=C[C@H]2CC3)c(Cl)c1. The van der Waals surface area contributed by atoms with E-state index in [0.717, 1.165) is 36.5 Å². The fraction of sp³-hybridized carbons (Fsp3) is 0.522. The predicted molar refractivity (Wildman–Crippen MR) is 111 cm³/mol. The van der Waals surface area contributed by atoms with Gasteiger partial charge in [0.25, 0.3) is 0 Å². The maximum Gasteiger partial charge on any atom is 0.303 e. The summed E-state index contributed by atoms with van der Waals surface area (Å²) in [6.45, 7) is 3.84. The van der Waals surface area contributed by atoms with E-state index in [0.29, 0.717) is 23.7 Å². The molecule has 1 aromatic carbocycles. The summed E-state index contributed by atoms with van der Waals surface area (Å²) in [5.74, 6) is 1.72. The second-order valence-corrected chi connectivity index (χ2v) is 8.38. The Bertz CT molecular complexity index is 712. The maximum absolute atomic E-state index is 10.6. The van der Waals surface area contributed by atoms with Crippen molar-refractivity contribution in [3.05, 3.63) is 58.7 Å². The summed E-state index contributed by atoms with van der Waals surface area (Å²) < 4.78 is 0. The van der Waals surface area contributed by atoms with Crippen molar-refractivity contribution in [2.45, 2.75) is 45.6 Å². The average molecular weight is 388 g/mol. The Hall–Kier alpha value is -1.58. The number of fused-ring (bicyclic) bond motifs is 2. The molecule has 1 fully saturated rings. The van der Waals surface area contributed by atoms with E-state index in [1.54, 1.807) is 0 Å². The maximum atomic E-state index is 10.6. The molecule has 1 aromatic rings. The van der Waals surface area contributed by atoms with Gasteiger partial charge in [-0.3, -0.25) is 4.79 Å². The van der Waals surface area contributed by atoms with Gasteiger partial charge in [-0.15, -0.1) is 0 Å². The Balaban J connectivity index is 1.55. The van der Waals surface area contributed by atoms with Gasteiger partial charge in [0.05, 0.1) is 0 Å². The fourth-order valence-corrected chi connectivity index (χ4v) is 4.81. The lowest BCUT2D eigenvalue weighted by Crippen LogP contribution is -2.41. The van der Waals surface area contributed by atoms with E-state index < -0.39 is 5.97 Å². The number of unbranched alkanes of at least 4 members (excludes halogenated alkanes) is 1. The van der Waals surface area contributed by atoms with E-state index in [1.807, 2.05) is 6.07 Å². The number of hydrogen-bond donors (Lipinski definition) is 2. The van der Waals surface area contributed by atoms with Crippen LogP contribution in [-0.4, -0.2) is 17.6 Å². The standard InChI is InChI=1S/C23H30ClNO2/c1-16-7-8-19(22(24)13-16)14-25-15-21-18-11-9-17(10-12-18)20(21)5-3-2-4-6-23(26)27/h3,5,7-9,11,13,17-18,20-21,25H,2,4,6,10,12,14-15H2,1H3,(H,26,27)/b5-3-/t17-,18+,20+,21+/m1/s1. The van der Waals surface area contributed by atoms with Crippen LogP contribution in [0.2, 0.25) is 5.02 Å². The topological polar surface area (TPSA) is 49.3 Å². The first-order chi connectivity index (χ1) is 13.0. The molecule has 3 aliphatic rings. The zero-order chi connectivity index (χ0) is 19.2. The summed E-state index contributed by atoms with van der Waals surface area (Å²) >= 11 is 6.36. The Labute approximate surface area is 167 Å². The first kappa shape index (κ1) is 20.2. The molecule has 4 rings (SSSR count). The molecule has 4 heteroatoms. The number of rotatable bonds is 9. The Morgan fingerprint density at radius 1 is 1.30 bits per heavy atom. The van der Waals surface area contributed by atoms with Crippen LogP contribution in [0.25, 0.3) is 0 Å². The summed E-state index contributed by atoms with van der Waals surface area (Å²) in [5, 5.41) is 13.2. The monoisotopic (exact) mass is 387 g/mol. The van der Waals surface area contributed by atoms with Crippen LogP contribution in [0, 0.1) is 30.6 Å². The lowest BCUT2D eigenvalue weighted by molar-refractivity contribution is -0.137. The number of carboxylic acid groups (broad SMARTS) is 1. The highest BCUT2D eigenvalue weighted by molar-refractivity contribution is 6.31. The minimum Gasteiger partial charge on any atom is -0.481 e. The second kappa shape index (κ2) is 9.57. The van der Waals surface area contributed by atoms with Gasteiger partial charge in [-0.2, -0.15) is 0 Å². The van der Waals surface area contributed by atoms with E-state index >= 15 is 0 Å². The molecule has 4 atom stereocenters. The first-order valence-corrected chi connectivity index (χ1v) is 10.4. The van der Waals surface area contributed by atoms with Crippen molar-refractivity contribution in [3.8, 4) is 0 Å². The van der Waals surface area contributed by atoms with Gasteiger partial charge in [0, 0.05) is 18.0 Å². The van der Waals surface area contributed by atoms with Gasteiger partial charge in [-0.05, 0) is 80.0 Å². The molecular formula is C23H30ClNO2. The number of nitrogens with one attached hydrogen (secondary N) is 1. The average Bonchev–Trinajstić information content (AvgIpc) is 2.64. The smallest absolute Gasteiger partial charge is 0.303 e. The molecule has 3 nitrogen and oxygen atoms in total. The number of carbonyl (C=O) groups is 1. The highest BCUT2D eigenvalue weighted by Gasteiger charge is 2.38. The van der Waals surface area contributed by atoms with Crippen LogP contribution >= 0.6 is 11.6 Å².